The van der Waals surface area contributed by atoms with E-state index in [1.807, 2.05) is 13.0 Å². The van der Waals surface area contributed by atoms with E-state index in [4.69, 9.17) is 0 Å². The predicted octanol–water partition coefficient (Wildman–Crippen LogP) is 0.877. The van der Waals surface area contributed by atoms with Crippen LogP contribution in [0.15, 0.2) is 12.3 Å². The maximum atomic E-state index is 12.2. The zero-order valence-electron chi connectivity index (χ0n) is 9.56. The molecule has 1 aromatic heterocycles. The molecule has 0 radical (unpaired) electrons. The molecule has 0 N–H and O–H groups in total. The van der Waals surface area contributed by atoms with Gasteiger partial charge >= 0.3 is 0 Å². The maximum Gasteiger partial charge on any atom is 0.132 e. The number of aromatic nitrogens is 2. The van der Waals surface area contributed by atoms with E-state index in [9.17, 15) is 4.39 Å². The molecule has 5 heteroatoms. The molecule has 2 rings (SSSR count). The second-order valence-corrected chi connectivity index (χ2v) is 3.98. The number of nitrogens with zero attached hydrogens (tertiary/aromatic N) is 4. The molecule has 0 atom stereocenters. The van der Waals surface area contributed by atoms with E-state index < -0.39 is 0 Å². The first-order valence-electron chi connectivity index (χ1n) is 5.62. The lowest BCUT2D eigenvalue weighted by atomic mass is 10.3. The van der Waals surface area contributed by atoms with Crippen molar-refractivity contribution in [1.29, 1.82) is 0 Å². The minimum Gasteiger partial charge on any atom is -0.354 e. The minimum absolute atomic E-state index is 0.257. The number of rotatable bonds is 3. The van der Waals surface area contributed by atoms with Crippen molar-refractivity contribution in [2.24, 2.45) is 0 Å². The molecule has 1 saturated heterocycles. The second kappa shape index (κ2) is 5.21. The molecule has 1 aromatic rings. The molecule has 1 fully saturated rings. The SMILES string of the molecule is Cc1nccc(N2CCN(CCF)CC2)n1. The Morgan fingerprint density at radius 3 is 2.69 bits per heavy atom. The molecule has 0 bridgehead atoms. The third-order valence-electron chi connectivity index (χ3n) is 2.86. The normalized spacial score (nSPS) is 17.8. The highest BCUT2D eigenvalue weighted by molar-refractivity contribution is 5.37. The number of aryl methyl sites for hydroxylation is 1. The van der Waals surface area contributed by atoms with Gasteiger partial charge < -0.3 is 4.90 Å². The van der Waals surface area contributed by atoms with E-state index in [-0.39, 0.29) is 6.67 Å². The summed E-state index contributed by atoms with van der Waals surface area (Å²) < 4.78 is 12.2. The molecule has 0 saturated carbocycles. The van der Waals surface area contributed by atoms with Crippen molar-refractivity contribution in [2.45, 2.75) is 6.92 Å². The lowest BCUT2D eigenvalue weighted by Crippen LogP contribution is -2.47. The van der Waals surface area contributed by atoms with Gasteiger partial charge in [0.1, 0.15) is 18.3 Å². The number of hydrogen-bond donors (Lipinski definition) is 0. The molecule has 16 heavy (non-hydrogen) atoms. The first kappa shape index (κ1) is 11.3. The molecule has 4 nitrogen and oxygen atoms in total. The van der Waals surface area contributed by atoms with Gasteiger partial charge in [-0.25, -0.2) is 14.4 Å². The standard InChI is InChI=1S/C11H17FN4/c1-10-13-4-2-11(14-10)16-8-6-15(5-3-12)7-9-16/h2,4H,3,5-9H2,1H3. The number of anilines is 1. The zero-order valence-corrected chi connectivity index (χ0v) is 9.56. The molecule has 0 aliphatic carbocycles. The van der Waals surface area contributed by atoms with Gasteiger partial charge in [-0.1, -0.05) is 0 Å². The van der Waals surface area contributed by atoms with Gasteiger partial charge in [-0.3, -0.25) is 4.90 Å². The van der Waals surface area contributed by atoms with E-state index in [2.05, 4.69) is 19.8 Å². The fourth-order valence-corrected chi connectivity index (χ4v) is 1.94. The average Bonchev–Trinajstić information content (AvgIpc) is 2.30. The molecule has 0 amide bonds. The third kappa shape index (κ3) is 2.66. The summed E-state index contributed by atoms with van der Waals surface area (Å²) in [6.45, 7) is 5.83. The molecular weight excluding hydrogens is 207 g/mol. The van der Waals surface area contributed by atoms with E-state index in [0.29, 0.717) is 6.54 Å². The fourth-order valence-electron chi connectivity index (χ4n) is 1.94. The molecule has 2 heterocycles. The third-order valence-corrected chi connectivity index (χ3v) is 2.86. The second-order valence-electron chi connectivity index (χ2n) is 3.98. The highest BCUT2D eigenvalue weighted by atomic mass is 19.1. The van der Waals surface area contributed by atoms with Gasteiger partial charge in [0.05, 0.1) is 0 Å². The van der Waals surface area contributed by atoms with Gasteiger partial charge in [0.25, 0.3) is 0 Å². The Bertz CT molecular complexity index is 337. The van der Waals surface area contributed by atoms with Crippen LogP contribution in [0.3, 0.4) is 0 Å². The van der Waals surface area contributed by atoms with Crippen molar-refractivity contribution in [3.63, 3.8) is 0 Å². The Balaban J connectivity index is 1.94. The lowest BCUT2D eigenvalue weighted by molar-refractivity contribution is 0.235. The first-order chi connectivity index (χ1) is 7.79. The van der Waals surface area contributed by atoms with Crippen LogP contribution in [0.2, 0.25) is 0 Å². The van der Waals surface area contributed by atoms with Crippen LogP contribution >= 0.6 is 0 Å². The van der Waals surface area contributed by atoms with E-state index in [1.54, 1.807) is 6.20 Å². The number of hydrogen-bond acceptors (Lipinski definition) is 4. The van der Waals surface area contributed by atoms with Crippen LogP contribution in [-0.4, -0.2) is 54.3 Å². The Kier molecular flexibility index (Phi) is 3.66. The van der Waals surface area contributed by atoms with Crippen molar-refractivity contribution in [3.05, 3.63) is 18.1 Å². The Labute approximate surface area is 95.1 Å². The molecule has 1 aliphatic heterocycles. The van der Waals surface area contributed by atoms with Crippen molar-refractivity contribution >= 4 is 5.82 Å². The number of piperazine rings is 1. The summed E-state index contributed by atoms with van der Waals surface area (Å²) in [4.78, 5) is 12.8. The minimum atomic E-state index is -0.257. The van der Waals surface area contributed by atoms with Gasteiger partial charge in [-0.05, 0) is 13.0 Å². The van der Waals surface area contributed by atoms with Crippen LogP contribution < -0.4 is 4.90 Å². The average molecular weight is 224 g/mol. The largest absolute Gasteiger partial charge is 0.354 e. The number of alkyl halides is 1. The van der Waals surface area contributed by atoms with Gasteiger partial charge in [-0.15, -0.1) is 0 Å². The molecular formula is C11H17FN4. The molecule has 0 spiro atoms. The Hall–Kier alpha value is -1.23. The predicted molar refractivity (Wildman–Crippen MR) is 61.4 cm³/mol. The monoisotopic (exact) mass is 224 g/mol. The van der Waals surface area contributed by atoms with Crippen LogP contribution in [0.25, 0.3) is 0 Å². The van der Waals surface area contributed by atoms with E-state index in [0.717, 1.165) is 37.8 Å². The molecule has 0 unspecified atom stereocenters. The van der Waals surface area contributed by atoms with Crippen LogP contribution in [0.4, 0.5) is 10.2 Å². The van der Waals surface area contributed by atoms with Crippen LogP contribution in [0.5, 0.6) is 0 Å². The smallest absolute Gasteiger partial charge is 0.132 e. The summed E-state index contributed by atoms with van der Waals surface area (Å²) in [7, 11) is 0. The van der Waals surface area contributed by atoms with Gasteiger partial charge in [-0.2, -0.15) is 0 Å². The Morgan fingerprint density at radius 2 is 2.06 bits per heavy atom. The zero-order chi connectivity index (χ0) is 11.4. The summed E-state index contributed by atoms with van der Waals surface area (Å²) in [5.74, 6) is 1.77. The highest BCUT2D eigenvalue weighted by Gasteiger charge is 2.17. The van der Waals surface area contributed by atoms with Gasteiger partial charge in [0.2, 0.25) is 0 Å². The van der Waals surface area contributed by atoms with Crippen LogP contribution in [0.1, 0.15) is 5.82 Å². The summed E-state index contributed by atoms with van der Waals surface area (Å²) in [6.07, 6.45) is 1.78. The van der Waals surface area contributed by atoms with Crippen molar-refractivity contribution in [2.75, 3.05) is 44.3 Å². The Morgan fingerprint density at radius 1 is 1.31 bits per heavy atom. The first-order valence-corrected chi connectivity index (χ1v) is 5.62. The summed E-state index contributed by atoms with van der Waals surface area (Å²) in [5, 5.41) is 0. The summed E-state index contributed by atoms with van der Waals surface area (Å²) >= 11 is 0. The highest BCUT2D eigenvalue weighted by Crippen LogP contribution is 2.12. The lowest BCUT2D eigenvalue weighted by Gasteiger charge is -2.34. The maximum absolute atomic E-state index is 12.2. The quantitative estimate of drug-likeness (QED) is 0.763. The molecule has 88 valence electrons. The van der Waals surface area contributed by atoms with Gasteiger partial charge in [0.15, 0.2) is 0 Å². The van der Waals surface area contributed by atoms with Crippen molar-refractivity contribution in [3.8, 4) is 0 Å². The van der Waals surface area contributed by atoms with Gasteiger partial charge in [0, 0.05) is 38.9 Å². The summed E-state index contributed by atoms with van der Waals surface area (Å²) in [6, 6.07) is 1.93. The number of halogens is 1. The van der Waals surface area contributed by atoms with Crippen molar-refractivity contribution < 1.29 is 4.39 Å². The summed E-state index contributed by atoms with van der Waals surface area (Å²) in [5.41, 5.74) is 0. The van der Waals surface area contributed by atoms with E-state index >= 15 is 0 Å². The fraction of sp³-hybridized carbons (Fsp3) is 0.636. The molecule has 0 aromatic carbocycles. The van der Waals surface area contributed by atoms with E-state index in [1.165, 1.54) is 0 Å². The topological polar surface area (TPSA) is 32.3 Å². The van der Waals surface area contributed by atoms with Crippen molar-refractivity contribution in [1.82, 2.24) is 14.9 Å². The van der Waals surface area contributed by atoms with Crippen LogP contribution in [0, 0.1) is 6.92 Å². The molecule has 1 aliphatic rings. The van der Waals surface area contributed by atoms with Crippen LogP contribution in [-0.2, 0) is 0 Å².